The van der Waals surface area contributed by atoms with Crippen LogP contribution < -0.4 is 0 Å². The van der Waals surface area contributed by atoms with Gasteiger partial charge in [0, 0.05) is 10.3 Å². The van der Waals surface area contributed by atoms with Crippen LogP contribution in [0, 0.1) is 12.3 Å². The molecule has 0 amide bonds. The molecule has 0 aromatic heterocycles. The molecule has 0 bridgehead atoms. The zero-order chi connectivity index (χ0) is 13.2. The zero-order valence-corrected chi connectivity index (χ0v) is 11.9. The molecule has 0 fully saturated rings. The van der Waals surface area contributed by atoms with Crippen molar-refractivity contribution in [3.05, 3.63) is 29.8 Å². The number of carbonyl (C=O) groups is 1. The molecule has 0 unspecified atom stereocenters. The smallest absolute Gasteiger partial charge is 0.153 e. The second kappa shape index (κ2) is 5.13. The summed E-state index contributed by atoms with van der Waals surface area (Å²) in [7, 11) is -1.26. The van der Waals surface area contributed by atoms with Crippen molar-refractivity contribution in [1.82, 2.24) is 0 Å². The van der Waals surface area contributed by atoms with Gasteiger partial charge in [-0.25, -0.2) is 0 Å². The SMILES string of the molecule is Cc1ccc([S@](=O)[C@@H](C)C(=O)C(C)(C)C)cc1. The maximum absolute atomic E-state index is 12.2. The fourth-order valence-corrected chi connectivity index (χ4v) is 2.94. The Morgan fingerprint density at radius 3 is 2.06 bits per heavy atom. The summed E-state index contributed by atoms with van der Waals surface area (Å²) in [4.78, 5) is 12.8. The van der Waals surface area contributed by atoms with Crippen LogP contribution in [-0.4, -0.2) is 15.2 Å². The highest BCUT2D eigenvalue weighted by atomic mass is 32.2. The molecular formula is C14H20O2S. The van der Waals surface area contributed by atoms with Gasteiger partial charge in [-0.15, -0.1) is 0 Å². The fourth-order valence-electron chi connectivity index (χ4n) is 1.58. The van der Waals surface area contributed by atoms with Crippen LogP contribution in [0.2, 0.25) is 0 Å². The van der Waals surface area contributed by atoms with Crippen LogP contribution in [-0.2, 0) is 15.6 Å². The lowest BCUT2D eigenvalue weighted by molar-refractivity contribution is -0.125. The van der Waals surface area contributed by atoms with Crippen molar-refractivity contribution < 1.29 is 9.00 Å². The van der Waals surface area contributed by atoms with E-state index in [2.05, 4.69) is 0 Å². The minimum Gasteiger partial charge on any atom is -0.298 e. The van der Waals surface area contributed by atoms with Crippen LogP contribution in [0.4, 0.5) is 0 Å². The van der Waals surface area contributed by atoms with Gasteiger partial charge in [0.25, 0.3) is 0 Å². The van der Waals surface area contributed by atoms with Crippen LogP contribution >= 0.6 is 0 Å². The van der Waals surface area contributed by atoms with Gasteiger partial charge in [-0.2, -0.15) is 0 Å². The largest absolute Gasteiger partial charge is 0.298 e. The number of benzene rings is 1. The van der Waals surface area contributed by atoms with Crippen molar-refractivity contribution in [2.45, 2.75) is 44.8 Å². The Kier molecular flexibility index (Phi) is 4.26. The Morgan fingerprint density at radius 2 is 1.65 bits per heavy atom. The maximum atomic E-state index is 12.2. The summed E-state index contributed by atoms with van der Waals surface area (Å²) in [5, 5.41) is -0.460. The Labute approximate surface area is 106 Å². The van der Waals surface area contributed by atoms with Crippen molar-refractivity contribution >= 4 is 16.6 Å². The van der Waals surface area contributed by atoms with Crippen molar-refractivity contribution in [1.29, 1.82) is 0 Å². The molecule has 0 aliphatic rings. The first-order valence-corrected chi connectivity index (χ1v) is 6.96. The van der Waals surface area contributed by atoms with E-state index in [-0.39, 0.29) is 5.78 Å². The molecule has 94 valence electrons. The highest BCUT2D eigenvalue weighted by Crippen LogP contribution is 2.22. The van der Waals surface area contributed by atoms with Gasteiger partial charge in [0.1, 0.15) is 0 Å². The van der Waals surface area contributed by atoms with Crippen molar-refractivity contribution in [2.24, 2.45) is 5.41 Å². The normalized spacial score (nSPS) is 15.4. The summed E-state index contributed by atoms with van der Waals surface area (Å²) in [5.41, 5.74) is 0.681. The first kappa shape index (κ1) is 14.1. The second-order valence-corrected chi connectivity index (χ2v) is 7.14. The predicted octanol–water partition coefficient (Wildman–Crippen LogP) is 3.11. The lowest BCUT2D eigenvalue weighted by atomic mass is 9.89. The van der Waals surface area contributed by atoms with Gasteiger partial charge in [0.15, 0.2) is 5.78 Å². The van der Waals surface area contributed by atoms with Gasteiger partial charge in [-0.3, -0.25) is 9.00 Å². The average Bonchev–Trinajstić information content (AvgIpc) is 2.26. The van der Waals surface area contributed by atoms with Gasteiger partial charge in [0.05, 0.1) is 16.0 Å². The Hall–Kier alpha value is -0.960. The van der Waals surface area contributed by atoms with E-state index in [4.69, 9.17) is 0 Å². The van der Waals surface area contributed by atoms with Gasteiger partial charge < -0.3 is 0 Å². The van der Waals surface area contributed by atoms with Crippen LogP contribution in [0.15, 0.2) is 29.2 Å². The van der Waals surface area contributed by atoms with Crippen LogP contribution in [0.25, 0.3) is 0 Å². The summed E-state index contributed by atoms with van der Waals surface area (Å²) in [6.45, 7) is 9.30. The molecule has 17 heavy (non-hydrogen) atoms. The van der Waals surface area contributed by atoms with Crippen molar-refractivity contribution in [3.8, 4) is 0 Å². The van der Waals surface area contributed by atoms with E-state index in [1.807, 2.05) is 52.0 Å². The minimum atomic E-state index is -1.26. The number of ketones is 1. The Morgan fingerprint density at radius 1 is 1.18 bits per heavy atom. The molecule has 0 saturated heterocycles. The number of rotatable bonds is 3. The molecule has 2 atom stereocenters. The van der Waals surface area contributed by atoms with Crippen LogP contribution in [0.3, 0.4) is 0 Å². The number of hydrogen-bond acceptors (Lipinski definition) is 2. The third kappa shape index (κ3) is 3.50. The second-order valence-electron chi connectivity index (χ2n) is 5.37. The molecule has 3 heteroatoms. The van der Waals surface area contributed by atoms with E-state index >= 15 is 0 Å². The van der Waals surface area contributed by atoms with E-state index in [1.54, 1.807) is 6.92 Å². The van der Waals surface area contributed by atoms with Gasteiger partial charge in [-0.05, 0) is 26.0 Å². The van der Waals surface area contributed by atoms with Crippen LogP contribution in [0.1, 0.15) is 33.3 Å². The molecule has 1 aromatic rings. The number of Topliss-reactive ketones (excluding diaryl/α,β-unsaturated/α-hetero) is 1. The van der Waals surface area contributed by atoms with E-state index in [1.165, 1.54) is 0 Å². The quantitative estimate of drug-likeness (QED) is 0.828. The predicted molar refractivity (Wildman–Crippen MR) is 71.5 cm³/mol. The van der Waals surface area contributed by atoms with E-state index in [0.717, 1.165) is 10.5 Å². The topological polar surface area (TPSA) is 34.1 Å². The lowest BCUT2D eigenvalue weighted by Crippen LogP contribution is -2.33. The third-order valence-corrected chi connectivity index (χ3v) is 4.28. The molecule has 1 aromatic carbocycles. The lowest BCUT2D eigenvalue weighted by Gasteiger charge is -2.21. The summed E-state index contributed by atoms with van der Waals surface area (Å²) >= 11 is 0. The van der Waals surface area contributed by atoms with Crippen LogP contribution in [0.5, 0.6) is 0 Å². The molecule has 0 heterocycles. The molecule has 0 spiro atoms. The van der Waals surface area contributed by atoms with E-state index in [9.17, 15) is 9.00 Å². The Balaban J connectivity index is 2.91. The summed E-state index contributed by atoms with van der Waals surface area (Å²) in [6.07, 6.45) is 0. The number of aryl methyl sites for hydroxylation is 1. The van der Waals surface area contributed by atoms with Gasteiger partial charge >= 0.3 is 0 Å². The standard InChI is InChI=1S/C14H20O2S/c1-10-6-8-12(9-7-10)17(16)11(2)13(15)14(3,4)5/h6-9,11H,1-5H3/t11-,17+/m0/s1. The summed E-state index contributed by atoms with van der Waals surface area (Å²) in [5.74, 6) is 0.0383. The first-order chi connectivity index (χ1) is 7.73. The molecule has 0 radical (unpaired) electrons. The fraction of sp³-hybridized carbons (Fsp3) is 0.500. The number of carbonyl (C=O) groups excluding carboxylic acids is 1. The highest BCUT2D eigenvalue weighted by Gasteiger charge is 2.30. The van der Waals surface area contributed by atoms with Crippen molar-refractivity contribution in [2.75, 3.05) is 0 Å². The third-order valence-electron chi connectivity index (χ3n) is 2.68. The Bertz CT molecular complexity index is 427. The molecular weight excluding hydrogens is 232 g/mol. The zero-order valence-electron chi connectivity index (χ0n) is 11.1. The van der Waals surface area contributed by atoms with Gasteiger partial charge in [-0.1, -0.05) is 38.5 Å². The highest BCUT2D eigenvalue weighted by molar-refractivity contribution is 7.86. The molecule has 1 rings (SSSR count). The van der Waals surface area contributed by atoms with E-state index in [0.29, 0.717) is 0 Å². The molecule has 0 saturated carbocycles. The maximum Gasteiger partial charge on any atom is 0.153 e. The van der Waals surface area contributed by atoms with Crippen molar-refractivity contribution in [3.63, 3.8) is 0 Å². The monoisotopic (exact) mass is 252 g/mol. The van der Waals surface area contributed by atoms with Gasteiger partial charge in [0.2, 0.25) is 0 Å². The molecule has 2 nitrogen and oxygen atoms in total. The average molecular weight is 252 g/mol. The minimum absolute atomic E-state index is 0.0383. The summed E-state index contributed by atoms with van der Waals surface area (Å²) in [6, 6.07) is 7.50. The number of hydrogen-bond donors (Lipinski definition) is 0. The molecule has 0 aliphatic heterocycles. The molecule has 0 aliphatic carbocycles. The first-order valence-electron chi connectivity index (χ1n) is 5.75. The summed E-state index contributed by atoms with van der Waals surface area (Å²) < 4.78 is 12.2. The molecule has 0 N–H and O–H groups in total. The van der Waals surface area contributed by atoms with E-state index < -0.39 is 21.5 Å².